The van der Waals surface area contributed by atoms with Crippen molar-refractivity contribution in [3.8, 4) is 5.75 Å². The Kier molecular flexibility index (Phi) is 6.65. The lowest BCUT2D eigenvalue weighted by Gasteiger charge is -2.28. The molecular formula is C20H30ClN3O2. The average Bonchev–Trinajstić information content (AvgIpc) is 3.10. The minimum Gasteiger partial charge on any atom is -0.495 e. The minimum atomic E-state index is 0.174. The number of methoxy groups -OCH3 is 1. The third kappa shape index (κ3) is 4.83. The second-order valence-corrected chi connectivity index (χ2v) is 8.04. The maximum Gasteiger partial charge on any atom is 0.220 e. The Balaban J connectivity index is 1.51. The van der Waals surface area contributed by atoms with Gasteiger partial charge in [0.2, 0.25) is 5.91 Å². The first-order valence-corrected chi connectivity index (χ1v) is 10.0. The summed E-state index contributed by atoms with van der Waals surface area (Å²) in [4.78, 5) is 14.7. The average molecular weight is 380 g/mol. The second kappa shape index (κ2) is 8.96. The van der Waals surface area contributed by atoms with Crippen LogP contribution in [-0.2, 0) is 4.79 Å². The van der Waals surface area contributed by atoms with Crippen LogP contribution in [0.1, 0.15) is 32.6 Å². The minimum absolute atomic E-state index is 0.174. The molecule has 5 nitrogen and oxygen atoms in total. The number of hydrogen-bond acceptors (Lipinski definition) is 4. The van der Waals surface area contributed by atoms with Gasteiger partial charge in [-0.15, -0.1) is 0 Å². The fourth-order valence-electron chi connectivity index (χ4n) is 4.12. The second-order valence-electron chi connectivity index (χ2n) is 7.60. The highest BCUT2D eigenvalue weighted by Gasteiger charge is 2.28. The number of halogens is 1. The van der Waals surface area contributed by atoms with Gasteiger partial charge in [-0.3, -0.25) is 4.79 Å². The molecule has 1 aromatic carbocycles. The lowest BCUT2D eigenvalue weighted by molar-refractivity contribution is -0.122. The van der Waals surface area contributed by atoms with E-state index in [1.165, 1.54) is 12.8 Å². The Morgan fingerprint density at radius 3 is 3.04 bits per heavy atom. The Hall–Kier alpha value is -1.46. The summed E-state index contributed by atoms with van der Waals surface area (Å²) >= 11 is 6.15. The topological polar surface area (TPSA) is 53.6 Å². The third-order valence-corrected chi connectivity index (χ3v) is 5.92. The Labute approximate surface area is 161 Å². The van der Waals surface area contributed by atoms with Gasteiger partial charge in [-0.2, -0.15) is 0 Å². The quantitative estimate of drug-likeness (QED) is 0.797. The van der Waals surface area contributed by atoms with E-state index in [0.717, 1.165) is 44.0 Å². The number of amides is 1. The Bertz CT molecular complexity index is 619. The van der Waals surface area contributed by atoms with Crippen LogP contribution in [0.25, 0.3) is 0 Å². The summed E-state index contributed by atoms with van der Waals surface area (Å²) in [6.07, 6.45) is 4.01. The molecule has 1 aromatic rings. The van der Waals surface area contributed by atoms with Gasteiger partial charge in [0.15, 0.2) is 0 Å². The number of rotatable bonds is 6. The fraction of sp³-hybridized carbons (Fsp3) is 0.650. The van der Waals surface area contributed by atoms with Crippen molar-refractivity contribution >= 4 is 23.2 Å². The predicted octanol–water partition coefficient (Wildman–Crippen LogP) is 3.07. The van der Waals surface area contributed by atoms with Crippen LogP contribution in [0.5, 0.6) is 5.75 Å². The molecule has 6 heteroatoms. The number of benzene rings is 1. The van der Waals surface area contributed by atoms with Gasteiger partial charge in [0, 0.05) is 30.6 Å². The number of piperidine rings is 1. The lowest BCUT2D eigenvalue weighted by atomic mass is 9.85. The van der Waals surface area contributed by atoms with Gasteiger partial charge in [0.1, 0.15) is 5.75 Å². The molecule has 2 fully saturated rings. The van der Waals surface area contributed by atoms with Crippen molar-refractivity contribution in [2.45, 2.75) is 38.6 Å². The van der Waals surface area contributed by atoms with E-state index in [1.807, 2.05) is 18.2 Å². The van der Waals surface area contributed by atoms with E-state index in [1.54, 1.807) is 7.11 Å². The van der Waals surface area contributed by atoms with Gasteiger partial charge >= 0.3 is 0 Å². The van der Waals surface area contributed by atoms with E-state index in [9.17, 15) is 4.79 Å². The standard InChI is InChI=1S/C20H30ClN3O2/c1-14(15-4-3-8-22-12-15)10-20(25)23-17-7-9-24(13-17)18-11-16(21)5-6-19(18)26-2/h5-6,11,14-15,17,22H,3-4,7-10,12-13H2,1-2H3,(H,23,25). The molecule has 0 saturated carbocycles. The number of carbonyl (C=O) groups excluding carboxylic acids is 1. The van der Waals surface area contributed by atoms with Crippen molar-refractivity contribution in [2.75, 3.05) is 38.2 Å². The number of anilines is 1. The predicted molar refractivity (Wildman–Crippen MR) is 106 cm³/mol. The van der Waals surface area contributed by atoms with E-state index < -0.39 is 0 Å². The number of nitrogens with one attached hydrogen (secondary N) is 2. The summed E-state index contributed by atoms with van der Waals surface area (Å²) < 4.78 is 5.46. The largest absolute Gasteiger partial charge is 0.495 e. The number of nitrogens with zero attached hydrogens (tertiary/aromatic N) is 1. The molecule has 144 valence electrons. The van der Waals surface area contributed by atoms with Gasteiger partial charge in [-0.05, 0) is 62.4 Å². The maximum absolute atomic E-state index is 12.5. The molecule has 1 amide bonds. The molecule has 2 aliphatic rings. The lowest BCUT2D eigenvalue weighted by Crippen LogP contribution is -2.40. The molecule has 0 radical (unpaired) electrons. The molecule has 3 rings (SSSR count). The van der Waals surface area contributed by atoms with Crippen LogP contribution in [0.2, 0.25) is 5.02 Å². The van der Waals surface area contributed by atoms with Gasteiger partial charge in [-0.25, -0.2) is 0 Å². The third-order valence-electron chi connectivity index (χ3n) is 5.68. The highest BCUT2D eigenvalue weighted by Crippen LogP contribution is 2.33. The van der Waals surface area contributed by atoms with Crippen LogP contribution in [0.15, 0.2) is 18.2 Å². The summed E-state index contributed by atoms with van der Waals surface area (Å²) in [7, 11) is 1.67. The van der Waals surface area contributed by atoms with E-state index in [0.29, 0.717) is 23.3 Å². The highest BCUT2D eigenvalue weighted by molar-refractivity contribution is 6.30. The van der Waals surface area contributed by atoms with E-state index in [-0.39, 0.29) is 11.9 Å². The van der Waals surface area contributed by atoms with Crippen molar-refractivity contribution in [1.82, 2.24) is 10.6 Å². The van der Waals surface area contributed by atoms with E-state index in [2.05, 4.69) is 22.5 Å². The molecule has 3 atom stereocenters. The summed E-state index contributed by atoms with van der Waals surface area (Å²) in [5.41, 5.74) is 0.999. The molecule has 3 unspecified atom stereocenters. The van der Waals surface area contributed by atoms with Crippen LogP contribution in [0, 0.1) is 11.8 Å². The molecule has 0 bridgehead atoms. The SMILES string of the molecule is COc1ccc(Cl)cc1N1CCC(NC(=O)CC(C)C2CCCNC2)C1. The van der Waals surface area contributed by atoms with E-state index in [4.69, 9.17) is 16.3 Å². The van der Waals surface area contributed by atoms with Crippen LogP contribution < -0.4 is 20.3 Å². The van der Waals surface area contributed by atoms with Gasteiger partial charge in [0.05, 0.1) is 12.8 Å². The maximum atomic E-state index is 12.5. The van der Waals surface area contributed by atoms with Gasteiger partial charge in [0.25, 0.3) is 0 Å². The van der Waals surface area contributed by atoms with Gasteiger partial charge in [-0.1, -0.05) is 18.5 Å². The molecule has 2 heterocycles. The first-order chi connectivity index (χ1) is 12.6. The summed E-state index contributed by atoms with van der Waals surface area (Å²) in [5, 5.41) is 7.36. The van der Waals surface area contributed by atoms with Crippen molar-refractivity contribution in [3.63, 3.8) is 0 Å². The van der Waals surface area contributed by atoms with Gasteiger partial charge < -0.3 is 20.3 Å². The zero-order valence-electron chi connectivity index (χ0n) is 15.8. The summed E-state index contributed by atoms with van der Waals surface area (Å²) in [5.74, 6) is 2.03. The van der Waals surface area contributed by atoms with Crippen molar-refractivity contribution in [3.05, 3.63) is 23.2 Å². The van der Waals surface area contributed by atoms with Crippen LogP contribution in [-0.4, -0.2) is 45.2 Å². The summed E-state index contributed by atoms with van der Waals surface area (Å²) in [6, 6.07) is 5.84. The highest BCUT2D eigenvalue weighted by atomic mass is 35.5. The first-order valence-electron chi connectivity index (χ1n) is 9.65. The Morgan fingerprint density at radius 2 is 2.31 bits per heavy atom. The molecule has 0 spiro atoms. The zero-order valence-corrected chi connectivity index (χ0v) is 16.5. The van der Waals surface area contributed by atoms with Crippen molar-refractivity contribution in [2.24, 2.45) is 11.8 Å². The van der Waals surface area contributed by atoms with Crippen LogP contribution in [0.4, 0.5) is 5.69 Å². The molecule has 26 heavy (non-hydrogen) atoms. The Morgan fingerprint density at radius 1 is 1.46 bits per heavy atom. The van der Waals surface area contributed by atoms with E-state index >= 15 is 0 Å². The summed E-state index contributed by atoms with van der Waals surface area (Å²) in [6.45, 7) is 6.04. The number of hydrogen-bond donors (Lipinski definition) is 2. The molecule has 2 saturated heterocycles. The normalized spacial score (nSPS) is 24.3. The smallest absolute Gasteiger partial charge is 0.220 e. The molecule has 0 aromatic heterocycles. The number of ether oxygens (including phenoxy) is 1. The van der Waals surface area contributed by atoms with Crippen molar-refractivity contribution < 1.29 is 9.53 Å². The van der Waals surface area contributed by atoms with Crippen LogP contribution in [0.3, 0.4) is 0 Å². The number of carbonyl (C=O) groups is 1. The molecule has 2 N–H and O–H groups in total. The first kappa shape index (κ1) is 19.3. The zero-order chi connectivity index (χ0) is 18.5. The van der Waals surface area contributed by atoms with Crippen molar-refractivity contribution in [1.29, 1.82) is 0 Å². The van der Waals surface area contributed by atoms with Crippen LogP contribution >= 0.6 is 11.6 Å². The monoisotopic (exact) mass is 379 g/mol. The molecule has 2 aliphatic heterocycles. The molecular weight excluding hydrogens is 350 g/mol. The molecule has 0 aliphatic carbocycles. The fourth-order valence-corrected chi connectivity index (χ4v) is 4.28.